The molecule has 0 aliphatic rings. The number of ether oxygens (including phenoxy) is 1. The maximum Gasteiger partial charge on any atom is 0.234 e. The summed E-state index contributed by atoms with van der Waals surface area (Å²) in [7, 11) is 1.59. The Kier molecular flexibility index (Phi) is 5.04. The molecule has 0 spiro atoms. The molecule has 21 heavy (non-hydrogen) atoms. The van der Waals surface area contributed by atoms with Crippen LogP contribution < -0.4 is 15.9 Å². The third-order valence-corrected chi connectivity index (χ3v) is 3.70. The second kappa shape index (κ2) is 6.98. The molecule has 0 unspecified atom stereocenters. The van der Waals surface area contributed by atoms with Gasteiger partial charge < -0.3 is 15.9 Å². The van der Waals surface area contributed by atoms with Gasteiger partial charge in [-0.3, -0.25) is 4.79 Å². The number of hydrogen-bond acceptors (Lipinski definition) is 6. The summed E-state index contributed by atoms with van der Waals surface area (Å²) in [4.78, 5) is 11.9. The maximum absolute atomic E-state index is 11.9. The molecule has 7 nitrogen and oxygen atoms in total. The zero-order valence-corrected chi connectivity index (χ0v) is 12.7. The zero-order chi connectivity index (χ0) is 15.2. The van der Waals surface area contributed by atoms with Crippen LogP contribution in [0.1, 0.15) is 12.7 Å². The van der Waals surface area contributed by atoms with Gasteiger partial charge in [-0.15, -0.1) is 10.2 Å². The van der Waals surface area contributed by atoms with E-state index in [4.69, 9.17) is 10.6 Å². The van der Waals surface area contributed by atoms with Crippen LogP contribution >= 0.6 is 11.8 Å². The van der Waals surface area contributed by atoms with Gasteiger partial charge in [-0.2, -0.15) is 0 Å². The third kappa shape index (κ3) is 3.88. The normalized spacial score (nSPS) is 10.4. The minimum absolute atomic E-state index is 0.133. The Hall–Kier alpha value is -2.22. The summed E-state index contributed by atoms with van der Waals surface area (Å²) in [6.07, 6.45) is 0.697. The van der Waals surface area contributed by atoms with E-state index in [1.165, 1.54) is 16.4 Å². The van der Waals surface area contributed by atoms with Crippen molar-refractivity contribution in [1.29, 1.82) is 0 Å². The molecule has 0 saturated carbocycles. The highest BCUT2D eigenvalue weighted by Gasteiger charge is 2.11. The van der Waals surface area contributed by atoms with E-state index in [0.717, 1.165) is 5.75 Å². The number of nitrogens with two attached hydrogens (primary N) is 1. The molecule has 0 atom stereocenters. The highest BCUT2D eigenvalue weighted by Crippen LogP contribution is 2.17. The first-order chi connectivity index (χ1) is 10.1. The number of aromatic nitrogens is 3. The number of nitrogen functional groups attached to an aromatic ring is 1. The number of carbonyl (C=O) groups is 1. The predicted octanol–water partition coefficient (Wildman–Crippen LogP) is 1.29. The fourth-order valence-corrected chi connectivity index (χ4v) is 2.32. The number of carbonyl (C=O) groups excluding carboxylic acids is 1. The average Bonchev–Trinajstić information content (AvgIpc) is 2.86. The van der Waals surface area contributed by atoms with Crippen molar-refractivity contribution >= 4 is 23.4 Å². The Labute approximate surface area is 126 Å². The van der Waals surface area contributed by atoms with Gasteiger partial charge in [0.05, 0.1) is 12.9 Å². The molecule has 8 heteroatoms. The second-order valence-corrected chi connectivity index (χ2v) is 5.13. The summed E-state index contributed by atoms with van der Waals surface area (Å²) in [5.74, 6) is 7.32. The van der Waals surface area contributed by atoms with Gasteiger partial charge in [0.2, 0.25) is 11.1 Å². The molecule has 1 aromatic carbocycles. The Bertz CT molecular complexity index is 612. The first kappa shape index (κ1) is 15.2. The summed E-state index contributed by atoms with van der Waals surface area (Å²) in [5, 5.41) is 11.2. The van der Waals surface area contributed by atoms with Gasteiger partial charge >= 0.3 is 0 Å². The predicted molar refractivity (Wildman–Crippen MR) is 81.9 cm³/mol. The largest absolute Gasteiger partial charge is 0.497 e. The van der Waals surface area contributed by atoms with Crippen molar-refractivity contribution in [2.24, 2.45) is 0 Å². The number of rotatable bonds is 6. The maximum atomic E-state index is 11.9. The fourth-order valence-electron chi connectivity index (χ4n) is 1.65. The van der Waals surface area contributed by atoms with Crippen LogP contribution in [0.3, 0.4) is 0 Å². The third-order valence-electron chi connectivity index (χ3n) is 2.76. The molecule has 0 aliphatic heterocycles. The monoisotopic (exact) mass is 307 g/mol. The summed E-state index contributed by atoms with van der Waals surface area (Å²) < 4.78 is 6.46. The van der Waals surface area contributed by atoms with Crippen molar-refractivity contribution in [3.8, 4) is 5.75 Å². The number of anilines is 1. The Balaban J connectivity index is 1.87. The van der Waals surface area contributed by atoms with E-state index < -0.39 is 0 Å². The van der Waals surface area contributed by atoms with E-state index >= 15 is 0 Å². The molecule has 0 bridgehead atoms. The van der Waals surface area contributed by atoms with E-state index in [-0.39, 0.29) is 11.7 Å². The second-order valence-electron chi connectivity index (χ2n) is 4.19. The van der Waals surface area contributed by atoms with Crippen LogP contribution in [0.25, 0.3) is 0 Å². The van der Waals surface area contributed by atoms with E-state index in [0.29, 0.717) is 23.1 Å². The number of amides is 1. The van der Waals surface area contributed by atoms with Crippen molar-refractivity contribution in [3.63, 3.8) is 0 Å². The molecular weight excluding hydrogens is 290 g/mol. The van der Waals surface area contributed by atoms with Crippen LogP contribution in [0, 0.1) is 0 Å². The minimum Gasteiger partial charge on any atom is -0.497 e. The fraction of sp³-hybridized carbons (Fsp3) is 0.308. The lowest BCUT2D eigenvalue weighted by Gasteiger charge is -2.06. The van der Waals surface area contributed by atoms with Crippen LogP contribution in [-0.4, -0.2) is 33.6 Å². The van der Waals surface area contributed by atoms with Gasteiger partial charge in [0.15, 0.2) is 5.82 Å². The lowest BCUT2D eigenvalue weighted by molar-refractivity contribution is -0.113. The standard InChI is InChI=1S/C13H17N5O2S/c1-3-11-16-17-13(18(11)14)21-8-12(19)15-9-4-6-10(20-2)7-5-9/h4-7H,3,8,14H2,1-2H3,(H,15,19). The van der Waals surface area contributed by atoms with Gasteiger partial charge in [0, 0.05) is 12.1 Å². The number of nitrogens with one attached hydrogen (secondary N) is 1. The Morgan fingerprint density at radius 1 is 1.38 bits per heavy atom. The zero-order valence-electron chi connectivity index (χ0n) is 11.9. The Morgan fingerprint density at radius 2 is 2.10 bits per heavy atom. The SMILES string of the molecule is CCc1nnc(SCC(=O)Nc2ccc(OC)cc2)n1N. The van der Waals surface area contributed by atoms with Gasteiger partial charge in [-0.05, 0) is 24.3 Å². The van der Waals surface area contributed by atoms with Gasteiger partial charge in [0.1, 0.15) is 5.75 Å². The van der Waals surface area contributed by atoms with Crippen molar-refractivity contribution in [3.05, 3.63) is 30.1 Å². The molecule has 1 aromatic heterocycles. The lowest BCUT2D eigenvalue weighted by Crippen LogP contribution is -2.17. The van der Waals surface area contributed by atoms with E-state index in [9.17, 15) is 4.79 Å². The minimum atomic E-state index is -0.133. The highest BCUT2D eigenvalue weighted by molar-refractivity contribution is 7.99. The number of thioether (sulfide) groups is 1. The number of aryl methyl sites for hydroxylation is 1. The number of methoxy groups -OCH3 is 1. The average molecular weight is 307 g/mol. The van der Waals surface area contributed by atoms with E-state index in [2.05, 4.69) is 15.5 Å². The molecule has 0 saturated heterocycles. The number of hydrogen-bond donors (Lipinski definition) is 2. The molecule has 0 radical (unpaired) electrons. The summed E-state index contributed by atoms with van der Waals surface area (Å²) in [6.45, 7) is 1.94. The summed E-state index contributed by atoms with van der Waals surface area (Å²) >= 11 is 1.25. The number of benzene rings is 1. The van der Waals surface area contributed by atoms with E-state index in [1.54, 1.807) is 31.4 Å². The molecule has 2 aromatic rings. The summed E-state index contributed by atoms with van der Waals surface area (Å²) in [5.41, 5.74) is 0.713. The van der Waals surface area contributed by atoms with Crippen LogP contribution in [0.4, 0.5) is 5.69 Å². The molecule has 0 fully saturated rings. The quantitative estimate of drug-likeness (QED) is 0.617. The van der Waals surface area contributed by atoms with Gasteiger partial charge in [-0.1, -0.05) is 18.7 Å². The highest BCUT2D eigenvalue weighted by atomic mass is 32.2. The first-order valence-electron chi connectivity index (χ1n) is 6.40. The smallest absolute Gasteiger partial charge is 0.234 e. The van der Waals surface area contributed by atoms with Crippen LogP contribution in [0.5, 0.6) is 5.75 Å². The molecule has 1 amide bonds. The molecule has 0 aliphatic carbocycles. The molecule has 1 heterocycles. The molecule has 3 N–H and O–H groups in total. The van der Waals surface area contributed by atoms with Crippen molar-refractivity contribution in [2.45, 2.75) is 18.5 Å². The topological polar surface area (TPSA) is 95.1 Å². The summed E-state index contributed by atoms with van der Waals surface area (Å²) in [6, 6.07) is 7.13. The van der Waals surface area contributed by atoms with Crippen LogP contribution in [0.2, 0.25) is 0 Å². The van der Waals surface area contributed by atoms with Gasteiger partial charge in [-0.25, -0.2) is 4.68 Å². The Morgan fingerprint density at radius 3 is 2.67 bits per heavy atom. The van der Waals surface area contributed by atoms with Crippen molar-refractivity contribution in [1.82, 2.24) is 14.9 Å². The van der Waals surface area contributed by atoms with Crippen LogP contribution in [-0.2, 0) is 11.2 Å². The van der Waals surface area contributed by atoms with Crippen LogP contribution in [0.15, 0.2) is 29.4 Å². The molecule has 2 rings (SSSR count). The van der Waals surface area contributed by atoms with Gasteiger partial charge in [0.25, 0.3) is 0 Å². The lowest BCUT2D eigenvalue weighted by atomic mass is 10.3. The molecular formula is C13H17N5O2S. The number of nitrogens with zero attached hydrogens (tertiary/aromatic N) is 3. The first-order valence-corrected chi connectivity index (χ1v) is 7.38. The van der Waals surface area contributed by atoms with Crippen molar-refractivity contribution < 1.29 is 9.53 Å². The van der Waals surface area contributed by atoms with Crippen molar-refractivity contribution in [2.75, 3.05) is 24.0 Å². The molecule has 112 valence electrons. The van der Waals surface area contributed by atoms with E-state index in [1.807, 2.05) is 6.92 Å².